The van der Waals surface area contributed by atoms with Gasteiger partial charge in [-0.15, -0.1) is 0 Å². The molecule has 1 aromatic heterocycles. The highest BCUT2D eigenvalue weighted by molar-refractivity contribution is 5.93. The molecular formula is C15H23N5O. The molecule has 1 amide bonds. The first-order valence-electron chi connectivity index (χ1n) is 7.80. The molecule has 114 valence electrons. The number of anilines is 1. The van der Waals surface area contributed by atoms with Crippen LogP contribution in [0.3, 0.4) is 0 Å². The van der Waals surface area contributed by atoms with Crippen LogP contribution in [0.2, 0.25) is 0 Å². The smallest absolute Gasteiger partial charge is 0.243 e. The number of carbonyl (C=O) groups is 1. The summed E-state index contributed by atoms with van der Waals surface area (Å²) in [5.74, 6) is 0.355. The van der Waals surface area contributed by atoms with E-state index in [0.29, 0.717) is 12.0 Å². The average molecular weight is 289 g/mol. The van der Waals surface area contributed by atoms with E-state index in [0.717, 1.165) is 13.1 Å². The van der Waals surface area contributed by atoms with Crippen LogP contribution in [0.5, 0.6) is 0 Å². The minimum atomic E-state index is -0.138. The Kier molecular flexibility index (Phi) is 4.45. The number of rotatable bonds is 4. The molecule has 6 nitrogen and oxygen atoms in total. The predicted octanol–water partition coefficient (Wildman–Crippen LogP) is 0.974. The highest BCUT2D eigenvalue weighted by Gasteiger charge is 2.33. The minimum Gasteiger partial charge on any atom is -0.299 e. The summed E-state index contributed by atoms with van der Waals surface area (Å²) in [6.45, 7) is 6.38. The van der Waals surface area contributed by atoms with Gasteiger partial charge < -0.3 is 0 Å². The summed E-state index contributed by atoms with van der Waals surface area (Å²) in [6.07, 6.45) is 7.06. The molecule has 2 atom stereocenters. The quantitative estimate of drug-likeness (QED) is 0.895. The molecule has 1 N–H and O–H groups in total. The molecule has 21 heavy (non-hydrogen) atoms. The first-order valence-corrected chi connectivity index (χ1v) is 7.80. The molecular weight excluding hydrogens is 266 g/mol. The van der Waals surface area contributed by atoms with Crippen LogP contribution in [0.4, 0.5) is 5.95 Å². The van der Waals surface area contributed by atoms with Gasteiger partial charge >= 0.3 is 0 Å². The van der Waals surface area contributed by atoms with Gasteiger partial charge in [0.15, 0.2) is 0 Å². The normalized spacial score (nSPS) is 25.1. The molecule has 0 spiro atoms. The topological polar surface area (TPSA) is 61.4 Å². The standard InChI is InChI=1S/C15H23N5O/c1-12(14(21)18-15-16-6-4-7-17-15)20-10-5-13(11-20)19-8-2-3-9-19/h4,6-7,12-13H,2-3,5,8-11H2,1H3,(H,16,17,18,21). The van der Waals surface area contributed by atoms with Gasteiger partial charge in [0.25, 0.3) is 0 Å². The third kappa shape index (κ3) is 3.39. The zero-order valence-electron chi connectivity index (χ0n) is 12.5. The summed E-state index contributed by atoms with van der Waals surface area (Å²) in [7, 11) is 0. The zero-order chi connectivity index (χ0) is 14.7. The van der Waals surface area contributed by atoms with Crippen molar-refractivity contribution < 1.29 is 4.79 Å². The van der Waals surface area contributed by atoms with Crippen LogP contribution in [0, 0.1) is 0 Å². The van der Waals surface area contributed by atoms with Gasteiger partial charge in [0, 0.05) is 31.5 Å². The van der Waals surface area contributed by atoms with E-state index in [2.05, 4.69) is 25.1 Å². The van der Waals surface area contributed by atoms with Crippen molar-refractivity contribution >= 4 is 11.9 Å². The van der Waals surface area contributed by atoms with Gasteiger partial charge in [-0.2, -0.15) is 0 Å². The lowest BCUT2D eigenvalue weighted by molar-refractivity contribution is -0.120. The molecule has 2 aliphatic rings. The third-order valence-electron chi connectivity index (χ3n) is 4.58. The van der Waals surface area contributed by atoms with Gasteiger partial charge in [0.1, 0.15) is 0 Å². The van der Waals surface area contributed by atoms with Crippen LogP contribution >= 0.6 is 0 Å². The SMILES string of the molecule is CC(C(=O)Nc1ncccn1)N1CCC(N2CCCC2)C1. The number of amides is 1. The number of nitrogens with one attached hydrogen (secondary N) is 1. The van der Waals surface area contributed by atoms with Crippen molar-refractivity contribution in [2.24, 2.45) is 0 Å². The third-order valence-corrected chi connectivity index (χ3v) is 4.58. The fraction of sp³-hybridized carbons (Fsp3) is 0.667. The summed E-state index contributed by atoms with van der Waals surface area (Å²) in [4.78, 5) is 25.2. The number of hydrogen-bond acceptors (Lipinski definition) is 5. The van der Waals surface area contributed by atoms with Crippen molar-refractivity contribution in [2.75, 3.05) is 31.5 Å². The second-order valence-corrected chi connectivity index (χ2v) is 5.92. The molecule has 3 heterocycles. The predicted molar refractivity (Wildman–Crippen MR) is 80.9 cm³/mol. The maximum Gasteiger partial charge on any atom is 0.243 e. The van der Waals surface area contributed by atoms with Crippen molar-refractivity contribution in [3.05, 3.63) is 18.5 Å². The number of likely N-dealkylation sites (tertiary alicyclic amines) is 2. The number of carbonyl (C=O) groups excluding carboxylic acids is 1. The van der Waals surface area contributed by atoms with Gasteiger partial charge in [-0.05, 0) is 45.3 Å². The van der Waals surface area contributed by atoms with Crippen LogP contribution in [0.25, 0.3) is 0 Å². The maximum atomic E-state index is 12.3. The number of hydrogen-bond donors (Lipinski definition) is 1. The van der Waals surface area contributed by atoms with E-state index >= 15 is 0 Å². The summed E-state index contributed by atoms with van der Waals surface area (Å²) < 4.78 is 0. The van der Waals surface area contributed by atoms with E-state index < -0.39 is 0 Å². The fourth-order valence-corrected chi connectivity index (χ4v) is 3.27. The minimum absolute atomic E-state index is 0.0247. The van der Waals surface area contributed by atoms with Crippen molar-refractivity contribution in [1.82, 2.24) is 19.8 Å². The van der Waals surface area contributed by atoms with Crippen LogP contribution in [0.1, 0.15) is 26.2 Å². The van der Waals surface area contributed by atoms with E-state index in [1.807, 2.05) is 6.92 Å². The van der Waals surface area contributed by atoms with Crippen LogP contribution in [-0.4, -0.2) is 63.9 Å². The molecule has 0 saturated carbocycles. The Morgan fingerprint density at radius 1 is 1.29 bits per heavy atom. The van der Waals surface area contributed by atoms with Gasteiger partial charge in [-0.25, -0.2) is 9.97 Å². The number of nitrogens with zero attached hydrogens (tertiary/aromatic N) is 4. The summed E-state index contributed by atoms with van der Waals surface area (Å²) in [5, 5.41) is 2.79. The Morgan fingerprint density at radius 3 is 2.71 bits per heavy atom. The first kappa shape index (κ1) is 14.4. The van der Waals surface area contributed by atoms with Gasteiger partial charge in [-0.1, -0.05) is 0 Å². The Hall–Kier alpha value is -1.53. The van der Waals surface area contributed by atoms with Crippen molar-refractivity contribution in [1.29, 1.82) is 0 Å². The van der Waals surface area contributed by atoms with Crippen LogP contribution in [0.15, 0.2) is 18.5 Å². The highest BCUT2D eigenvalue weighted by Crippen LogP contribution is 2.22. The molecule has 2 unspecified atom stereocenters. The van der Waals surface area contributed by atoms with Gasteiger partial charge in [-0.3, -0.25) is 19.9 Å². The second kappa shape index (κ2) is 6.49. The maximum absolute atomic E-state index is 12.3. The largest absolute Gasteiger partial charge is 0.299 e. The van der Waals surface area contributed by atoms with E-state index in [4.69, 9.17) is 0 Å². The van der Waals surface area contributed by atoms with E-state index in [1.165, 1.54) is 32.4 Å². The van der Waals surface area contributed by atoms with E-state index in [9.17, 15) is 4.79 Å². The van der Waals surface area contributed by atoms with Crippen molar-refractivity contribution in [3.63, 3.8) is 0 Å². The molecule has 0 bridgehead atoms. The lowest BCUT2D eigenvalue weighted by atomic mass is 10.2. The molecule has 0 aliphatic carbocycles. The molecule has 0 radical (unpaired) electrons. The lowest BCUT2D eigenvalue weighted by Gasteiger charge is -2.26. The first-order chi connectivity index (χ1) is 10.2. The Labute approximate surface area is 125 Å². The lowest BCUT2D eigenvalue weighted by Crippen LogP contribution is -2.43. The van der Waals surface area contributed by atoms with Crippen molar-refractivity contribution in [2.45, 2.75) is 38.3 Å². The molecule has 6 heteroatoms. The molecule has 2 aliphatic heterocycles. The van der Waals surface area contributed by atoms with Gasteiger partial charge in [0.2, 0.25) is 11.9 Å². The van der Waals surface area contributed by atoms with E-state index in [1.54, 1.807) is 18.5 Å². The Morgan fingerprint density at radius 2 is 2.00 bits per heavy atom. The van der Waals surface area contributed by atoms with Gasteiger partial charge in [0.05, 0.1) is 6.04 Å². The van der Waals surface area contributed by atoms with Crippen LogP contribution in [-0.2, 0) is 4.79 Å². The molecule has 3 rings (SSSR count). The van der Waals surface area contributed by atoms with Crippen molar-refractivity contribution in [3.8, 4) is 0 Å². The zero-order valence-corrected chi connectivity index (χ0v) is 12.5. The molecule has 1 aromatic rings. The average Bonchev–Trinajstić information content (AvgIpc) is 3.18. The number of aromatic nitrogens is 2. The highest BCUT2D eigenvalue weighted by atomic mass is 16.2. The monoisotopic (exact) mass is 289 g/mol. The molecule has 0 aromatic carbocycles. The Balaban J connectivity index is 1.53. The second-order valence-electron chi connectivity index (χ2n) is 5.92. The summed E-state index contributed by atoms with van der Waals surface area (Å²) in [5.41, 5.74) is 0. The summed E-state index contributed by atoms with van der Waals surface area (Å²) in [6, 6.07) is 2.22. The Bertz CT molecular complexity index is 474. The molecule has 2 saturated heterocycles. The molecule has 2 fully saturated rings. The fourth-order valence-electron chi connectivity index (χ4n) is 3.27. The van der Waals surface area contributed by atoms with Crippen LogP contribution < -0.4 is 5.32 Å². The van der Waals surface area contributed by atoms with E-state index in [-0.39, 0.29) is 11.9 Å². The summed E-state index contributed by atoms with van der Waals surface area (Å²) >= 11 is 0.